The monoisotopic (exact) mass is 553 g/mol. The average molecular weight is 554 g/mol. The molecule has 2 heterocycles. The molecule has 0 spiro atoms. The van der Waals surface area contributed by atoms with E-state index in [1.54, 1.807) is 0 Å². The lowest BCUT2D eigenvalue weighted by Crippen LogP contribution is -2.31. The number of aryl methyl sites for hydroxylation is 1. The van der Waals surface area contributed by atoms with E-state index in [0.717, 1.165) is 37.0 Å². The van der Waals surface area contributed by atoms with Crippen molar-refractivity contribution in [2.24, 2.45) is 5.92 Å². The normalized spacial score (nSPS) is 14.7. The molecular formula is C29H30F3N5O3. The zero-order valence-electron chi connectivity index (χ0n) is 22.4. The molecule has 40 heavy (non-hydrogen) atoms. The molecule has 1 saturated carbocycles. The van der Waals surface area contributed by atoms with E-state index in [4.69, 9.17) is 9.72 Å². The summed E-state index contributed by atoms with van der Waals surface area (Å²) in [5.41, 5.74) is 2.09. The van der Waals surface area contributed by atoms with E-state index in [-0.39, 0.29) is 18.2 Å². The Morgan fingerprint density at radius 3 is 2.48 bits per heavy atom. The lowest BCUT2D eigenvalue weighted by Gasteiger charge is -2.32. The number of rotatable bonds is 9. The van der Waals surface area contributed by atoms with E-state index in [1.165, 1.54) is 12.1 Å². The topological polar surface area (TPSA) is 102 Å². The van der Waals surface area contributed by atoms with Gasteiger partial charge in [-0.2, -0.15) is 13.2 Å². The zero-order chi connectivity index (χ0) is 28.6. The van der Waals surface area contributed by atoms with Crippen LogP contribution in [0.5, 0.6) is 5.75 Å². The number of anilines is 1. The van der Waals surface area contributed by atoms with Gasteiger partial charge >= 0.3 is 12.1 Å². The maximum Gasteiger partial charge on any atom is 0.416 e. The Morgan fingerprint density at radius 2 is 1.88 bits per heavy atom. The third kappa shape index (κ3) is 5.45. The highest BCUT2D eigenvalue weighted by atomic mass is 19.4. The summed E-state index contributed by atoms with van der Waals surface area (Å²) in [6, 6.07) is 10.6. The van der Waals surface area contributed by atoms with Crippen LogP contribution in [0.15, 0.2) is 42.5 Å². The number of benzene rings is 2. The van der Waals surface area contributed by atoms with Gasteiger partial charge in [-0.1, -0.05) is 30.2 Å². The first-order valence-electron chi connectivity index (χ1n) is 13.2. The highest BCUT2D eigenvalue weighted by molar-refractivity contribution is 5.92. The van der Waals surface area contributed by atoms with Crippen LogP contribution in [0.25, 0.3) is 22.6 Å². The summed E-state index contributed by atoms with van der Waals surface area (Å²) in [6.07, 6.45) is -1.19. The van der Waals surface area contributed by atoms with Gasteiger partial charge in [0.05, 0.1) is 17.7 Å². The van der Waals surface area contributed by atoms with Crippen molar-refractivity contribution in [1.29, 1.82) is 0 Å². The standard InChI is InChI=1S/C29H30F3N5O3/c1-4-40-22-13-8-16(2)14-21(22)27-36-25-23(37(27)15-18-9-11-20(12-10-18)29(30,31)32)24(34-26(35-25)28(38)39)33-17(3)19-6-5-7-19/h8-14,17,19H,4-7,15H2,1-3H3,(H,38,39)(H,33,34,35)/t17-/m1/s1. The van der Waals surface area contributed by atoms with Gasteiger partial charge in [-0.25, -0.2) is 19.7 Å². The van der Waals surface area contributed by atoms with Crippen molar-refractivity contribution in [3.8, 4) is 17.1 Å². The van der Waals surface area contributed by atoms with E-state index in [9.17, 15) is 23.1 Å². The van der Waals surface area contributed by atoms with Crippen LogP contribution in [-0.4, -0.2) is 43.2 Å². The predicted molar refractivity (Wildman–Crippen MR) is 145 cm³/mol. The maximum absolute atomic E-state index is 13.2. The molecule has 1 aliphatic rings. The zero-order valence-corrected chi connectivity index (χ0v) is 22.4. The Labute approximate surface area is 229 Å². The molecule has 11 heteroatoms. The van der Waals surface area contributed by atoms with Gasteiger partial charge in [0.2, 0.25) is 5.82 Å². The molecule has 0 bridgehead atoms. The van der Waals surface area contributed by atoms with Gasteiger partial charge in [0.25, 0.3) is 0 Å². The highest BCUT2D eigenvalue weighted by Crippen LogP contribution is 2.37. The lowest BCUT2D eigenvalue weighted by molar-refractivity contribution is -0.137. The van der Waals surface area contributed by atoms with Crippen molar-refractivity contribution in [2.45, 2.75) is 58.8 Å². The Kier molecular flexibility index (Phi) is 7.39. The molecule has 1 aliphatic carbocycles. The average Bonchev–Trinajstić information content (AvgIpc) is 3.22. The summed E-state index contributed by atoms with van der Waals surface area (Å²) in [4.78, 5) is 25.3. The number of carboxylic acids is 1. The molecule has 2 aromatic carbocycles. The van der Waals surface area contributed by atoms with Gasteiger partial charge in [0.1, 0.15) is 17.1 Å². The van der Waals surface area contributed by atoms with Crippen molar-refractivity contribution in [1.82, 2.24) is 19.5 Å². The number of nitrogens with zero attached hydrogens (tertiary/aromatic N) is 4. The number of alkyl halides is 3. The van der Waals surface area contributed by atoms with Crippen molar-refractivity contribution >= 4 is 23.0 Å². The number of carboxylic acid groups (broad SMARTS) is 1. The van der Waals surface area contributed by atoms with E-state index < -0.39 is 23.5 Å². The molecule has 0 aliphatic heterocycles. The van der Waals surface area contributed by atoms with Crippen LogP contribution < -0.4 is 10.1 Å². The molecule has 5 rings (SSSR count). The summed E-state index contributed by atoms with van der Waals surface area (Å²) in [6.45, 7) is 6.38. The number of aromatic nitrogens is 4. The second-order valence-corrected chi connectivity index (χ2v) is 10.1. The van der Waals surface area contributed by atoms with Gasteiger partial charge in [-0.05, 0) is 69.4 Å². The number of fused-ring (bicyclic) bond motifs is 1. The number of carbonyl (C=O) groups is 1. The summed E-state index contributed by atoms with van der Waals surface area (Å²) < 4.78 is 47.4. The fraction of sp³-hybridized carbons (Fsp3) is 0.379. The maximum atomic E-state index is 13.2. The van der Waals surface area contributed by atoms with Crippen molar-refractivity contribution < 1.29 is 27.8 Å². The smallest absolute Gasteiger partial charge is 0.416 e. The number of nitrogens with one attached hydrogen (secondary N) is 1. The Balaban J connectivity index is 1.72. The van der Waals surface area contributed by atoms with Gasteiger partial charge in [-0.3, -0.25) is 0 Å². The SMILES string of the molecule is CCOc1ccc(C)cc1-c1nc2nc(C(=O)O)nc(N[C@H](C)C3CCC3)c2n1Cc1ccc(C(F)(F)F)cc1. The molecule has 0 amide bonds. The van der Waals surface area contributed by atoms with E-state index in [2.05, 4.69) is 15.3 Å². The van der Waals surface area contributed by atoms with Gasteiger partial charge in [0.15, 0.2) is 11.5 Å². The van der Waals surface area contributed by atoms with Crippen LogP contribution in [0.4, 0.5) is 19.0 Å². The minimum absolute atomic E-state index is 0.0179. The molecule has 0 saturated heterocycles. The quantitative estimate of drug-likeness (QED) is 0.242. The van der Waals surface area contributed by atoms with E-state index >= 15 is 0 Å². The number of imidazole rings is 1. The molecular weight excluding hydrogens is 523 g/mol. The van der Waals surface area contributed by atoms with Crippen LogP contribution >= 0.6 is 0 Å². The molecule has 8 nitrogen and oxygen atoms in total. The first-order chi connectivity index (χ1) is 19.0. The number of hydrogen-bond acceptors (Lipinski definition) is 6. The third-order valence-electron chi connectivity index (χ3n) is 7.31. The van der Waals surface area contributed by atoms with Crippen LogP contribution in [0, 0.1) is 12.8 Å². The summed E-state index contributed by atoms with van der Waals surface area (Å²) in [5, 5.41) is 13.1. The van der Waals surface area contributed by atoms with Crippen molar-refractivity contribution in [3.63, 3.8) is 0 Å². The molecule has 2 aromatic heterocycles. The fourth-order valence-corrected chi connectivity index (χ4v) is 4.95. The van der Waals surface area contributed by atoms with Gasteiger partial charge in [0, 0.05) is 12.6 Å². The number of hydrogen-bond donors (Lipinski definition) is 2. The Bertz CT molecular complexity index is 1550. The van der Waals surface area contributed by atoms with E-state index in [1.807, 2.05) is 43.5 Å². The summed E-state index contributed by atoms with van der Waals surface area (Å²) in [5.74, 6) is 0.0731. The third-order valence-corrected chi connectivity index (χ3v) is 7.31. The van der Waals surface area contributed by atoms with Crippen LogP contribution in [0.2, 0.25) is 0 Å². The van der Waals surface area contributed by atoms with E-state index in [0.29, 0.717) is 46.6 Å². The molecule has 0 unspecified atom stereocenters. The van der Waals surface area contributed by atoms with Crippen LogP contribution in [-0.2, 0) is 12.7 Å². The fourth-order valence-electron chi connectivity index (χ4n) is 4.95. The van der Waals surface area contributed by atoms with Crippen LogP contribution in [0.1, 0.15) is 60.4 Å². The largest absolute Gasteiger partial charge is 0.493 e. The van der Waals surface area contributed by atoms with Crippen LogP contribution in [0.3, 0.4) is 0 Å². The molecule has 1 atom stereocenters. The second-order valence-electron chi connectivity index (χ2n) is 10.1. The Hall–Kier alpha value is -4.15. The predicted octanol–water partition coefficient (Wildman–Crippen LogP) is 6.57. The lowest BCUT2D eigenvalue weighted by atomic mass is 9.80. The summed E-state index contributed by atoms with van der Waals surface area (Å²) in [7, 11) is 0. The summed E-state index contributed by atoms with van der Waals surface area (Å²) >= 11 is 0. The van der Waals surface area contributed by atoms with Crippen molar-refractivity contribution in [3.05, 3.63) is 65.0 Å². The highest BCUT2D eigenvalue weighted by Gasteiger charge is 2.31. The second kappa shape index (κ2) is 10.8. The number of halogens is 3. The number of ether oxygens (including phenoxy) is 1. The molecule has 4 aromatic rings. The minimum Gasteiger partial charge on any atom is -0.493 e. The first kappa shape index (κ1) is 27.4. The molecule has 210 valence electrons. The Morgan fingerprint density at radius 1 is 1.15 bits per heavy atom. The minimum atomic E-state index is -4.45. The number of aromatic carboxylic acids is 1. The molecule has 0 radical (unpaired) electrons. The molecule has 1 fully saturated rings. The molecule has 2 N–H and O–H groups in total. The van der Waals surface area contributed by atoms with Gasteiger partial charge in [-0.15, -0.1) is 0 Å². The van der Waals surface area contributed by atoms with Gasteiger partial charge < -0.3 is 19.7 Å². The first-order valence-corrected chi connectivity index (χ1v) is 13.2. The van der Waals surface area contributed by atoms with Crippen molar-refractivity contribution in [2.75, 3.05) is 11.9 Å².